The Labute approximate surface area is 290 Å². The van der Waals surface area contributed by atoms with Crippen LogP contribution in [0.1, 0.15) is 0 Å². The molecule has 0 fully saturated rings. The number of pyridine rings is 1. The van der Waals surface area contributed by atoms with Crippen LogP contribution in [0.5, 0.6) is 0 Å². The molecule has 3 nitrogen and oxygen atoms in total. The van der Waals surface area contributed by atoms with Gasteiger partial charge in [-0.3, -0.25) is 4.98 Å². The second-order valence-electron chi connectivity index (χ2n) is 12.8. The lowest BCUT2D eigenvalue weighted by Gasteiger charge is -2.10. The molecule has 0 radical (unpaired) electrons. The van der Waals surface area contributed by atoms with E-state index >= 15 is 0 Å². The van der Waals surface area contributed by atoms with Gasteiger partial charge in [0.2, 0.25) is 0 Å². The van der Waals surface area contributed by atoms with E-state index in [9.17, 15) is 0 Å². The summed E-state index contributed by atoms with van der Waals surface area (Å²) in [6.45, 7) is 0. The topological polar surface area (TPSA) is 22.8 Å². The summed E-state index contributed by atoms with van der Waals surface area (Å²) >= 11 is 0. The Balaban J connectivity index is 1.17. The van der Waals surface area contributed by atoms with E-state index in [-0.39, 0.29) is 0 Å². The lowest BCUT2D eigenvalue weighted by Crippen LogP contribution is -1.94. The van der Waals surface area contributed by atoms with Crippen molar-refractivity contribution in [2.75, 3.05) is 0 Å². The van der Waals surface area contributed by atoms with E-state index in [0.717, 1.165) is 28.1 Å². The van der Waals surface area contributed by atoms with Crippen molar-refractivity contribution < 1.29 is 0 Å². The van der Waals surface area contributed by atoms with Crippen LogP contribution in [0.2, 0.25) is 0 Å². The van der Waals surface area contributed by atoms with Crippen LogP contribution in [-0.4, -0.2) is 14.1 Å². The van der Waals surface area contributed by atoms with Gasteiger partial charge >= 0.3 is 0 Å². The summed E-state index contributed by atoms with van der Waals surface area (Å²) < 4.78 is 4.70. The van der Waals surface area contributed by atoms with Crippen LogP contribution < -0.4 is 0 Å². The molecule has 0 bridgehead atoms. The number of aromatic nitrogens is 3. The molecule has 10 aromatic rings. The van der Waals surface area contributed by atoms with Gasteiger partial charge in [-0.25, -0.2) is 0 Å². The van der Waals surface area contributed by atoms with Crippen LogP contribution in [-0.2, 0) is 0 Å². The molecule has 0 aliphatic rings. The number of hydrogen-bond donors (Lipinski definition) is 0. The van der Waals surface area contributed by atoms with Crippen LogP contribution in [0.25, 0.3) is 88.5 Å². The summed E-state index contributed by atoms with van der Waals surface area (Å²) in [4.78, 5) is 5.07. The lowest BCUT2D eigenvalue weighted by molar-refractivity contribution is 1.17. The van der Waals surface area contributed by atoms with E-state index in [1.165, 1.54) is 60.3 Å². The Morgan fingerprint density at radius 1 is 0.340 bits per heavy atom. The van der Waals surface area contributed by atoms with E-state index < -0.39 is 0 Å². The smallest absolute Gasteiger partial charge is 0.0724 e. The molecule has 0 saturated carbocycles. The highest BCUT2D eigenvalue weighted by molar-refractivity contribution is 6.17. The maximum Gasteiger partial charge on any atom is 0.0724 e. The van der Waals surface area contributed by atoms with E-state index in [4.69, 9.17) is 4.98 Å². The average Bonchev–Trinajstić information content (AvgIpc) is 3.71. The van der Waals surface area contributed by atoms with E-state index in [0.29, 0.717) is 0 Å². The minimum Gasteiger partial charge on any atom is -0.309 e. The summed E-state index contributed by atoms with van der Waals surface area (Å²) in [7, 11) is 0. The van der Waals surface area contributed by atoms with Crippen molar-refractivity contribution in [1.82, 2.24) is 14.1 Å². The summed E-state index contributed by atoms with van der Waals surface area (Å²) in [6.07, 6.45) is 2.03. The molecule has 50 heavy (non-hydrogen) atoms. The molecule has 3 heterocycles. The highest BCUT2D eigenvalue weighted by Gasteiger charge is 2.18. The van der Waals surface area contributed by atoms with Gasteiger partial charge in [0.05, 0.1) is 34.0 Å². The van der Waals surface area contributed by atoms with Crippen molar-refractivity contribution in [3.8, 4) is 44.9 Å². The van der Waals surface area contributed by atoms with E-state index in [1.807, 2.05) is 6.20 Å². The number of nitrogens with zero attached hydrogens (tertiary/aromatic N) is 3. The monoisotopic (exact) mass is 637 g/mol. The fraction of sp³-hybridized carbons (Fsp3) is 0. The first kappa shape index (κ1) is 28.3. The summed E-state index contributed by atoms with van der Waals surface area (Å²) in [5.41, 5.74) is 13.8. The summed E-state index contributed by atoms with van der Waals surface area (Å²) in [5.74, 6) is 0. The Morgan fingerprint density at radius 3 is 1.72 bits per heavy atom. The molecule has 3 aromatic heterocycles. The molecule has 0 aliphatic heterocycles. The SMILES string of the molecule is c1ccc(-c2ccc3c(c2)c2c(-c4cccc(-c5cc6c7ccccc7n(-c7ccccc7)c6cn5)c4)cccc2n3-c2ccccc2)cc1. The first-order chi connectivity index (χ1) is 24.8. The Morgan fingerprint density at radius 2 is 0.940 bits per heavy atom. The standard InChI is InChI=1S/C47H31N3/c1-4-14-32(15-5-1)33-26-27-44-41(29-33)47-38(23-13-25-45(47)49(44)36-18-6-2-7-19-36)34-16-12-17-35(28-34)42-30-40-39-22-10-11-24-43(39)50(46(40)31-48-42)37-20-8-3-9-21-37/h1-31H. The number of fused-ring (bicyclic) bond motifs is 6. The van der Waals surface area contributed by atoms with Crippen molar-refractivity contribution in [3.05, 3.63) is 188 Å². The Bertz CT molecular complexity index is 2850. The molecule has 0 N–H and O–H groups in total. The Hall–Kier alpha value is -6.71. The highest BCUT2D eigenvalue weighted by Crippen LogP contribution is 2.41. The minimum absolute atomic E-state index is 0.959. The van der Waals surface area contributed by atoms with Gasteiger partial charge in [0, 0.05) is 38.5 Å². The predicted molar refractivity (Wildman–Crippen MR) is 209 cm³/mol. The molecule has 234 valence electrons. The third kappa shape index (κ3) is 4.48. The van der Waals surface area contributed by atoms with Gasteiger partial charge < -0.3 is 9.13 Å². The van der Waals surface area contributed by atoms with Crippen LogP contribution in [0.4, 0.5) is 0 Å². The van der Waals surface area contributed by atoms with E-state index in [1.54, 1.807) is 0 Å². The predicted octanol–water partition coefficient (Wildman–Crippen LogP) is 12.3. The van der Waals surface area contributed by atoms with Gasteiger partial charge in [-0.2, -0.15) is 0 Å². The number of benzene rings is 7. The Kier molecular flexibility index (Phi) is 6.49. The maximum atomic E-state index is 5.07. The molecule has 0 amide bonds. The normalized spacial score (nSPS) is 11.6. The van der Waals surface area contributed by atoms with Gasteiger partial charge in [-0.1, -0.05) is 121 Å². The molecule has 7 aromatic carbocycles. The first-order valence-electron chi connectivity index (χ1n) is 17.1. The molecular weight excluding hydrogens is 607 g/mol. The van der Waals surface area contributed by atoms with Crippen molar-refractivity contribution in [1.29, 1.82) is 0 Å². The molecule has 0 saturated heterocycles. The molecule has 0 aliphatic carbocycles. The number of para-hydroxylation sites is 3. The van der Waals surface area contributed by atoms with Crippen LogP contribution in [0.15, 0.2) is 188 Å². The molecule has 10 rings (SSSR count). The molecular formula is C47H31N3. The molecule has 3 heteroatoms. The van der Waals surface area contributed by atoms with Crippen LogP contribution in [0.3, 0.4) is 0 Å². The van der Waals surface area contributed by atoms with Crippen LogP contribution >= 0.6 is 0 Å². The van der Waals surface area contributed by atoms with Gasteiger partial charge in [0.15, 0.2) is 0 Å². The molecule has 0 unspecified atom stereocenters. The summed E-state index contributed by atoms with van der Waals surface area (Å²) in [6, 6.07) is 65.2. The third-order valence-corrected chi connectivity index (χ3v) is 9.95. The van der Waals surface area contributed by atoms with Gasteiger partial charge in [0.1, 0.15) is 0 Å². The van der Waals surface area contributed by atoms with Crippen molar-refractivity contribution in [3.63, 3.8) is 0 Å². The zero-order chi connectivity index (χ0) is 33.0. The summed E-state index contributed by atoms with van der Waals surface area (Å²) in [5, 5.41) is 4.90. The van der Waals surface area contributed by atoms with Crippen molar-refractivity contribution in [2.45, 2.75) is 0 Å². The fourth-order valence-corrected chi connectivity index (χ4v) is 7.70. The lowest BCUT2D eigenvalue weighted by atomic mass is 9.96. The van der Waals surface area contributed by atoms with Crippen molar-refractivity contribution >= 4 is 43.6 Å². The van der Waals surface area contributed by atoms with Gasteiger partial charge in [-0.05, 0) is 82.9 Å². The minimum atomic E-state index is 0.959. The quantitative estimate of drug-likeness (QED) is 0.184. The van der Waals surface area contributed by atoms with E-state index in [2.05, 4.69) is 191 Å². The fourth-order valence-electron chi connectivity index (χ4n) is 7.70. The highest BCUT2D eigenvalue weighted by atomic mass is 15.0. The zero-order valence-corrected chi connectivity index (χ0v) is 27.2. The third-order valence-electron chi connectivity index (χ3n) is 9.95. The first-order valence-corrected chi connectivity index (χ1v) is 17.1. The number of rotatable bonds is 5. The zero-order valence-electron chi connectivity index (χ0n) is 27.2. The molecule has 0 spiro atoms. The van der Waals surface area contributed by atoms with Gasteiger partial charge in [-0.15, -0.1) is 0 Å². The largest absolute Gasteiger partial charge is 0.309 e. The van der Waals surface area contributed by atoms with Crippen molar-refractivity contribution in [2.24, 2.45) is 0 Å². The number of hydrogen-bond acceptors (Lipinski definition) is 1. The second kappa shape index (κ2) is 11.5. The second-order valence-corrected chi connectivity index (χ2v) is 12.8. The van der Waals surface area contributed by atoms with Gasteiger partial charge in [0.25, 0.3) is 0 Å². The molecule has 0 atom stereocenters. The van der Waals surface area contributed by atoms with Crippen LogP contribution in [0, 0.1) is 0 Å². The maximum absolute atomic E-state index is 5.07. The average molecular weight is 638 g/mol.